The van der Waals surface area contributed by atoms with Crippen molar-refractivity contribution in [2.45, 2.75) is 32.8 Å². The number of anilines is 2. The van der Waals surface area contributed by atoms with Gasteiger partial charge in [0.25, 0.3) is 0 Å². The Morgan fingerprint density at radius 1 is 1.35 bits per heavy atom. The molecule has 1 heterocycles. The van der Waals surface area contributed by atoms with Crippen molar-refractivity contribution in [1.29, 1.82) is 0 Å². The Balaban J connectivity index is 2.05. The molecule has 1 atom stereocenters. The Kier molecular flexibility index (Phi) is 6.04. The Morgan fingerprint density at radius 3 is 2.74 bits per heavy atom. The number of nitrogens with one attached hydrogen (secondary N) is 2. The van der Waals surface area contributed by atoms with E-state index in [-0.39, 0.29) is 0 Å². The van der Waals surface area contributed by atoms with Gasteiger partial charge in [-0.1, -0.05) is 0 Å². The molecule has 1 amide bonds. The van der Waals surface area contributed by atoms with Gasteiger partial charge in [0.2, 0.25) is 0 Å². The fraction of sp³-hybridized carbons (Fsp3) is 0.588. The van der Waals surface area contributed by atoms with Crippen molar-refractivity contribution in [2.75, 3.05) is 35.8 Å². The molecule has 0 radical (unpaired) electrons. The molecule has 0 saturated carbocycles. The van der Waals surface area contributed by atoms with E-state index in [4.69, 9.17) is 9.47 Å². The number of rotatable bonds is 5. The highest BCUT2D eigenvalue weighted by Crippen LogP contribution is 2.29. The molecule has 1 fully saturated rings. The molecule has 2 rings (SSSR count). The fourth-order valence-corrected chi connectivity index (χ4v) is 3.60. The lowest BCUT2D eigenvalue weighted by atomic mass is 10.1. The molecular weight excluding hydrogens is 312 g/mol. The van der Waals surface area contributed by atoms with Crippen molar-refractivity contribution in [2.24, 2.45) is 5.92 Å². The zero-order chi connectivity index (χ0) is 16.9. The summed E-state index contributed by atoms with van der Waals surface area (Å²) in [5.41, 5.74) is 1.03. The minimum Gasteiger partial charge on any atom is -0.497 e. The van der Waals surface area contributed by atoms with Crippen LogP contribution in [0.3, 0.4) is 0 Å². The molecule has 1 unspecified atom stereocenters. The van der Waals surface area contributed by atoms with E-state index in [1.54, 1.807) is 7.11 Å². The van der Waals surface area contributed by atoms with Gasteiger partial charge in [-0.05, 0) is 56.7 Å². The van der Waals surface area contributed by atoms with Crippen molar-refractivity contribution in [3.63, 3.8) is 0 Å². The van der Waals surface area contributed by atoms with Gasteiger partial charge in [0.05, 0.1) is 18.5 Å². The molecule has 0 bridgehead atoms. The fourth-order valence-electron chi connectivity index (χ4n) is 2.32. The van der Waals surface area contributed by atoms with Gasteiger partial charge in [0.15, 0.2) is 0 Å². The molecule has 5 nitrogen and oxygen atoms in total. The number of amides is 1. The lowest BCUT2D eigenvalue weighted by molar-refractivity contribution is 0.0636. The third-order valence-corrected chi connectivity index (χ3v) is 4.70. The Morgan fingerprint density at radius 2 is 2.13 bits per heavy atom. The predicted molar refractivity (Wildman–Crippen MR) is 96.8 cm³/mol. The Bertz CT molecular complexity index is 537. The summed E-state index contributed by atoms with van der Waals surface area (Å²) in [5, 5.41) is 6.24. The van der Waals surface area contributed by atoms with E-state index in [0.29, 0.717) is 11.6 Å². The van der Waals surface area contributed by atoms with Crippen LogP contribution in [-0.2, 0) is 4.74 Å². The molecule has 23 heavy (non-hydrogen) atoms. The largest absolute Gasteiger partial charge is 0.497 e. The highest BCUT2D eigenvalue weighted by molar-refractivity contribution is 7.99. The molecule has 0 spiro atoms. The number of methoxy groups -OCH3 is 1. The van der Waals surface area contributed by atoms with E-state index in [1.807, 2.05) is 50.7 Å². The van der Waals surface area contributed by atoms with Crippen molar-refractivity contribution >= 4 is 29.2 Å². The molecule has 0 aliphatic carbocycles. The highest BCUT2D eigenvalue weighted by Gasteiger charge is 2.19. The number of benzene rings is 1. The van der Waals surface area contributed by atoms with E-state index < -0.39 is 11.7 Å². The third-order valence-electron chi connectivity index (χ3n) is 3.47. The van der Waals surface area contributed by atoms with Crippen LogP contribution in [0.2, 0.25) is 0 Å². The van der Waals surface area contributed by atoms with Crippen LogP contribution in [0.1, 0.15) is 27.2 Å². The second kappa shape index (κ2) is 7.81. The van der Waals surface area contributed by atoms with E-state index in [1.165, 1.54) is 17.9 Å². The normalized spacial score (nSPS) is 17.7. The van der Waals surface area contributed by atoms with Crippen molar-refractivity contribution < 1.29 is 14.3 Å². The molecule has 0 aromatic heterocycles. The van der Waals surface area contributed by atoms with Gasteiger partial charge in [0, 0.05) is 12.6 Å². The van der Waals surface area contributed by atoms with Crippen molar-refractivity contribution in [3.05, 3.63) is 18.2 Å². The number of ether oxygens (including phenoxy) is 2. The van der Waals surface area contributed by atoms with Gasteiger partial charge in [-0.15, -0.1) is 0 Å². The van der Waals surface area contributed by atoms with Crippen LogP contribution in [-0.4, -0.2) is 36.9 Å². The highest BCUT2D eigenvalue weighted by atomic mass is 32.2. The Labute approximate surface area is 142 Å². The van der Waals surface area contributed by atoms with Crippen molar-refractivity contribution in [3.8, 4) is 5.75 Å². The van der Waals surface area contributed by atoms with Crippen LogP contribution < -0.4 is 15.4 Å². The topological polar surface area (TPSA) is 59.6 Å². The Hall–Kier alpha value is -1.56. The quantitative estimate of drug-likeness (QED) is 0.842. The first kappa shape index (κ1) is 17.8. The summed E-state index contributed by atoms with van der Waals surface area (Å²) in [6.07, 6.45) is 0.776. The lowest BCUT2D eigenvalue weighted by Gasteiger charge is -2.21. The standard InChI is InChI=1S/C17H26N2O3S/c1-17(2,3)22-16(20)19-14-6-5-13(21-4)9-15(14)18-10-12-7-8-23-11-12/h5-6,9,12,18H,7-8,10-11H2,1-4H3,(H,19,20). The number of carbonyl (C=O) groups excluding carboxylic acids is 1. The van der Waals surface area contributed by atoms with E-state index in [0.717, 1.165) is 18.0 Å². The van der Waals surface area contributed by atoms with E-state index >= 15 is 0 Å². The summed E-state index contributed by atoms with van der Waals surface area (Å²) in [5.74, 6) is 3.84. The first-order valence-corrected chi connectivity index (χ1v) is 9.02. The maximum atomic E-state index is 12.0. The maximum absolute atomic E-state index is 12.0. The number of hydrogen-bond donors (Lipinski definition) is 2. The van der Waals surface area contributed by atoms with E-state index in [9.17, 15) is 4.79 Å². The average Bonchev–Trinajstić information content (AvgIpc) is 2.97. The summed E-state index contributed by atoms with van der Waals surface area (Å²) < 4.78 is 10.6. The van der Waals surface area contributed by atoms with Crippen LogP contribution in [0.15, 0.2) is 18.2 Å². The molecule has 1 aliphatic heterocycles. The molecule has 1 aliphatic rings. The minimum atomic E-state index is -0.523. The molecule has 2 N–H and O–H groups in total. The van der Waals surface area contributed by atoms with Crippen LogP contribution >= 0.6 is 11.8 Å². The molecular formula is C17H26N2O3S. The molecule has 1 saturated heterocycles. The summed E-state index contributed by atoms with van der Waals surface area (Å²) in [4.78, 5) is 12.0. The monoisotopic (exact) mass is 338 g/mol. The molecule has 6 heteroatoms. The third kappa shape index (κ3) is 5.86. The van der Waals surface area contributed by atoms with Gasteiger partial charge in [-0.2, -0.15) is 11.8 Å². The summed E-state index contributed by atoms with van der Waals surface area (Å²) in [6.45, 7) is 6.43. The van der Waals surface area contributed by atoms with Crippen LogP contribution in [0.5, 0.6) is 5.75 Å². The molecule has 1 aromatic carbocycles. The second-order valence-corrected chi connectivity index (χ2v) is 7.80. The number of hydrogen-bond acceptors (Lipinski definition) is 5. The lowest BCUT2D eigenvalue weighted by Crippen LogP contribution is -2.27. The van der Waals surface area contributed by atoms with E-state index in [2.05, 4.69) is 10.6 Å². The summed E-state index contributed by atoms with van der Waals surface area (Å²) in [7, 11) is 1.63. The van der Waals surface area contributed by atoms with Gasteiger partial charge < -0.3 is 14.8 Å². The smallest absolute Gasteiger partial charge is 0.412 e. The zero-order valence-corrected chi connectivity index (χ0v) is 15.1. The van der Waals surface area contributed by atoms with Crippen LogP contribution in [0.4, 0.5) is 16.2 Å². The van der Waals surface area contributed by atoms with Gasteiger partial charge in [-0.25, -0.2) is 4.79 Å². The molecule has 128 valence electrons. The zero-order valence-electron chi connectivity index (χ0n) is 14.3. The first-order valence-electron chi connectivity index (χ1n) is 7.87. The van der Waals surface area contributed by atoms with Gasteiger partial charge >= 0.3 is 6.09 Å². The van der Waals surface area contributed by atoms with Gasteiger partial charge in [-0.3, -0.25) is 5.32 Å². The van der Waals surface area contributed by atoms with Crippen LogP contribution in [0.25, 0.3) is 0 Å². The summed E-state index contributed by atoms with van der Waals surface area (Å²) in [6, 6.07) is 5.55. The molecule has 1 aromatic rings. The van der Waals surface area contributed by atoms with Crippen LogP contribution in [0, 0.1) is 5.92 Å². The minimum absolute atomic E-state index is 0.456. The van der Waals surface area contributed by atoms with Gasteiger partial charge in [0.1, 0.15) is 11.4 Å². The number of carbonyl (C=O) groups is 1. The summed E-state index contributed by atoms with van der Waals surface area (Å²) >= 11 is 1.99. The number of thioether (sulfide) groups is 1. The average molecular weight is 338 g/mol. The van der Waals surface area contributed by atoms with Crippen molar-refractivity contribution in [1.82, 2.24) is 0 Å². The first-order chi connectivity index (χ1) is 10.9. The predicted octanol–water partition coefficient (Wildman–Crippen LogP) is 4.21. The second-order valence-electron chi connectivity index (χ2n) is 6.65. The maximum Gasteiger partial charge on any atom is 0.412 e. The SMILES string of the molecule is COc1ccc(NC(=O)OC(C)(C)C)c(NCC2CCSC2)c1.